The van der Waals surface area contributed by atoms with Crippen LogP contribution in [0.5, 0.6) is 17.4 Å². The summed E-state index contributed by atoms with van der Waals surface area (Å²) < 4.78 is 14.0. The minimum atomic E-state index is -0.261. The summed E-state index contributed by atoms with van der Waals surface area (Å²) in [5.41, 5.74) is 2.40. The molecule has 2 aromatic heterocycles. The summed E-state index contributed by atoms with van der Waals surface area (Å²) in [5, 5.41) is 21.0. The first kappa shape index (κ1) is 25.3. The van der Waals surface area contributed by atoms with E-state index in [9.17, 15) is 9.90 Å². The van der Waals surface area contributed by atoms with Crippen LogP contribution in [0.25, 0.3) is 21.7 Å². The van der Waals surface area contributed by atoms with Crippen molar-refractivity contribution < 1.29 is 19.4 Å². The molecule has 0 saturated carbocycles. The second kappa shape index (κ2) is 10.6. The molecule has 0 aliphatic carbocycles. The van der Waals surface area contributed by atoms with Crippen LogP contribution < -0.4 is 9.47 Å². The van der Waals surface area contributed by atoms with Crippen molar-refractivity contribution >= 4 is 39.1 Å². The average molecular weight is 543 g/mol. The lowest BCUT2D eigenvalue weighted by Gasteiger charge is -2.35. The number of aliphatic hydroxyl groups excluding tert-OH is 1. The number of aromatic nitrogens is 3. The van der Waals surface area contributed by atoms with E-state index in [0.29, 0.717) is 47.6 Å². The first-order valence-electron chi connectivity index (χ1n) is 12.8. The zero-order valence-corrected chi connectivity index (χ0v) is 22.1. The third kappa shape index (κ3) is 5.45. The largest absolute Gasteiger partial charge is 0.485 e. The highest BCUT2D eigenvalue weighted by Gasteiger charge is 2.24. The number of benzene rings is 3. The zero-order chi connectivity index (χ0) is 26.9. The van der Waals surface area contributed by atoms with Gasteiger partial charge in [0.15, 0.2) is 6.61 Å². The van der Waals surface area contributed by atoms with Crippen molar-refractivity contribution in [3.63, 3.8) is 0 Å². The van der Waals surface area contributed by atoms with Crippen LogP contribution in [0.15, 0.2) is 73.1 Å². The molecule has 0 radical (unpaired) electrons. The number of aryl methyl sites for hydroxylation is 1. The summed E-state index contributed by atoms with van der Waals surface area (Å²) in [4.78, 5) is 15.6. The van der Waals surface area contributed by atoms with Crippen LogP contribution in [-0.2, 0) is 6.54 Å². The van der Waals surface area contributed by atoms with Crippen LogP contribution in [0.4, 0.5) is 0 Å². The molecule has 8 nitrogen and oxygen atoms in total. The van der Waals surface area contributed by atoms with Crippen molar-refractivity contribution in [3.8, 4) is 17.4 Å². The number of likely N-dealkylation sites (tertiary alicyclic amines) is 1. The lowest BCUT2D eigenvalue weighted by molar-refractivity contribution is 0.000717. The summed E-state index contributed by atoms with van der Waals surface area (Å²) in [7, 11) is 0. The van der Waals surface area contributed by atoms with Gasteiger partial charge in [-0.05, 0) is 65.7 Å². The van der Waals surface area contributed by atoms with Gasteiger partial charge in [-0.1, -0.05) is 17.7 Å². The number of hydrogen-bond acceptors (Lipinski definition) is 7. The van der Waals surface area contributed by atoms with Crippen LogP contribution >= 0.6 is 11.6 Å². The Hall–Kier alpha value is -3.98. The molecule has 39 heavy (non-hydrogen) atoms. The fourth-order valence-corrected chi connectivity index (χ4v) is 5.10. The topological polar surface area (TPSA) is 89.7 Å². The molecule has 6 rings (SSSR count). The molecular formula is C30H27ClN4O4. The Kier molecular flexibility index (Phi) is 6.91. The predicted octanol–water partition coefficient (Wildman–Crippen LogP) is 5.28. The van der Waals surface area contributed by atoms with E-state index in [4.69, 9.17) is 21.1 Å². The molecule has 198 valence electrons. The first-order valence-corrected chi connectivity index (χ1v) is 13.2. The molecule has 1 aliphatic rings. The molecule has 1 fully saturated rings. The third-order valence-electron chi connectivity index (χ3n) is 6.97. The van der Waals surface area contributed by atoms with Crippen molar-refractivity contribution in [2.24, 2.45) is 0 Å². The molecule has 9 heteroatoms. The molecule has 0 amide bonds. The van der Waals surface area contributed by atoms with Crippen LogP contribution in [-0.4, -0.2) is 62.9 Å². The number of aliphatic hydroxyl groups is 1. The highest BCUT2D eigenvalue weighted by molar-refractivity contribution is 6.31. The lowest BCUT2D eigenvalue weighted by Crippen LogP contribution is -2.51. The number of fused-ring (bicyclic) bond motifs is 2. The van der Waals surface area contributed by atoms with Gasteiger partial charge < -0.3 is 19.1 Å². The minimum Gasteiger partial charge on any atom is -0.485 e. The highest BCUT2D eigenvalue weighted by Crippen LogP contribution is 2.30. The second-order valence-electron chi connectivity index (χ2n) is 9.81. The third-order valence-corrected chi connectivity index (χ3v) is 7.21. The van der Waals surface area contributed by atoms with E-state index in [0.717, 1.165) is 33.8 Å². The van der Waals surface area contributed by atoms with Crippen LogP contribution in [0.1, 0.15) is 15.9 Å². The number of carbonyl (C=O) groups is 1. The molecule has 1 saturated heterocycles. The van der Waals surface area contributed by atoms with Crippen molar-refractivity contribution in [1.82, 2.24) is 19.7 Å². The first-order chi connectivity index (χ1) is 18.9. The quantitative estimate of drug-likeness (QED) is 0.253. The monoisotopic (exact) mass is 542 g/mol. The number of β-amino-alcohol motifs (C(OH)–C–C–N with tert-alkyl or cyclic N) is 1. The number of Topliss-reactive ketones (excluding diaryl/α,β-unsaturated/α-hetero) is 1. The molecule has 1 N–H and O–H groups in total. The summed E-state index contributed by atoms with van der Waals surface area (Å²) in [6.45, 7) is 4.62. The zero-order valence-electron chi connectivity index (χ0n) is 21.4. The van der Waals surface area contributed by atoms with Gasteiger partial charge >= 0.3 is 0 Å². The van der Waals surface area contributed by atoms with E-state index < -0.39 is 0 Å². The van der Waals surface area contributed by atoms with Gasteiger partial charge in [0.05, 0.1) is 11.6 Å². The molecule has 1 aliphatic heterocycles. The summed E-state index contributed by atoms with van der Waals surface area (Å²) >= 11 is 6.13. The molecular weight excluding hydrogens is 516 g/mol. The number of ether oxygens (including phenoxy) is 2. The predicted molar refractivity (Wildman–Crippen MR) is 150 cm³/mol. The highest BCUT2D eigenvalue weighted by atomic mass is 35.5. The van der Waals surface area contributed by atoms with Gasteiger partial charge in [-0.25, -0.2) is 0 Å². The fraction of sp³-hybridized carbons (Fsp3) is 0.233. The number of ketones is 1. The van der Waals surface area contributed by atoms with Crippen LogP contribution in [0.2, 0.25) is 5.02 Å². The van der Waals surface area contributed by atoms with Gasteiger partial charge in [0.2, 0.25) is 11.7 Å². The maximum Gasteiger partial charge on any atom is 0.238 e. The lowest BCUT2D eigenvalue weighted by atomic mass is 10.1. The number of halogens is 1. The standard InChI is InChI=1S/C30H27ClN4O4/c1-19-11-21-12-22(31)5-4-20(21)13-29(19)38-18-28(37)26-17-35(10-9-34-15-23(36)16-34)27-14-24(6-7-25(26)27)39-30-3-2-8-32-33-30/h2-8,11-14,17,23,36H,9-10,15-16,18H2,1H3. The Morgan fingerprint density at radius 1 is 1.08 bits per heavy atom. The van der Waals surface area contributed by atoms with Gasteiger partial charge in [-0.3, -0.25) is 9.69 Å². The van der Waals surface area contributed by atoms with Gasteiger partial charge in [-0.2, -0.15) is 5.10 Å². The van der Waals surface area contributed by atoms with Crippen molar-refractivity contribution in [2.45, 2.75) is 19.6 Å². The Bertz CT molecular complexity index is 1660. The summed E-state index contributed by atoms with van der Waals surface area (Å²) in [6, 6.07) is 18.8. The SMILES string of the molecule is Cc1cc2cc(Cl)ccc2cc1OCC(=O)c1cn(CCN2CC(O)C2)c2cc(Oc3cccnn3)ccc12. The molecule has 3 aromatic carbocycles. The smallest absolute Gasteiger partial charge is 0.238 e. The van der Waals surface area contributed by atoms with E-state index >= 15 is 0 Å². The maximum absolute atomic E-state index is 13.4. The normalized spacial score (nSPS) is 14.0. The molecule has 5 aromatic rings. The summed E-state index contributed by atoms with van der Waals surface area (Å²) in [6.07, 6.45) is 3.21. The van der Waals surface area contributed by atoms with Crippen molar-refractivity contribution in [3.05, 3.63) is 89.2 Å². The van der Waals surface area contributed by atoms with E-state index in [1.165, 1.54) is 0 Å². The second-order valence-corrected chi connectivity index (χ2v) is 10.2. The summed E-state index contributed by atoms with van der Waals surface area (Å²) in [5.74, 6) is 1.54. The average Bonchev–Trinajstić information content (AvgIpc) is 3.27. The Morgan fingerprint density at radius 3 is 2.74 bits per heavy atom. The van der Waals surface area contributed by atoms with E-state index in [2.05, 4.69) is 19.7 Å². The Balaban J connectivity index is 1.26. The molecule has 3 heterocycles. The number of nitrogens with zero attached hydrogens (tertiary/aromatic N) is 4. The van der Waals surface area contributed by atoms with Gasteiger partial charge in [-0.15, -0.1) is 5.10 Å². The Labute approximate surface area is 230 Å². The number of carbonyl (C=O) groups excluding carboxylic acids is 1. The maximum atomic E-state index is 13.4. The Morgan fingerprint density at radius 2 is 1.95 bits per heavy atom. The van der Waals surface area contributed by atoms with E-state index in [1.807, 2.05) is 61.7 Å². The van der Waals surface area contributed by atoms with E-state index in [1.54, 1.807) is 18.3 Å². The van der Waals surface area contributed by atoms with Crippen molar-refractivity contribution in [2.75, 3.05) is 26.2 Å². The van der Waals surface area contributed by atoms with Crippen LogP contribution in [0.3, 0.4) is 0 Å². The van der Waals surface area contributed by atoms with Gasteiger partial charge in [0, 0.05) is 66.7 Å². The number of rotatable bonds is 9. The van der Waals surface area contributed by atoms with Crippen LogP contribution in [0, 0.1) is 6.92 Å². The molecule has 0 atom stereocenters. The van der Waals surface area contributed by atoms with Gasteiger partial charge in [0.1, 0.15) is 11.5 Å². The van der Waals surface area contributed by atoms with E-state index in [-0.39, 0.29) is 18.5 Å². The molecule has 0 bridgehead atoms. The number of hydrogen-bond donors (Lipinski definition) is 1. The molecule has 0 spiro atoms. The minimum absolute atomic E-state index is 0.0881. The van der Waals surface area contributed by atoms with Gasteiger partial charge in [0.25, 0.3) is 0 Å². The van der Waals surface area contributed by atoms with Crippen molar-refractivity contribution in [1.29, 1.82) is 0 Å². The molecule has 0 unspecified atom stereocenters. The fourth-order valence-electron chi connectivity index (χ4n) is 4.92.